The van der Waals surface area contributed by atoms with Gasteiger partial charge in [-0.15, -0.1) is 0 Å². The van der Waals surface area contributed by atoms with E-state index in [1.165, 1.54) is 6.42 Å². The molecule has 88 valence electrons. The van der Waals surface area contributed by atoms with Crippen molar-refractivity contribution in [2.45, 2.75) is 38.1 Å². The number of carbonyl (C=O) groups is 2. The normalized spacial score (nSPS) is 35.9. The molecular weight excluding hydrogens is 204 g/mol. The average Bonchev–Trinajstić information content (AvgIpc) is 2.86. The van der Waals surface area contributed by atoms with Crippen LogP contribution in [0, 0.1) is 11.8 Å². The van der Waals surface area contributed by atoms with Gasteiger partial charge in [-0.05, 0) is 12.8 Å². The van der Waals surface area contributed by atoms with Gasteiger partial charge in [0.15, 0.2) is 0 Å². The molecule has 4 nitrogen and oxygen atoms in total. The molecule has 1 saturated carbocycles. The highest BCUT2D eigenvalue weighted by Crippen LogP contribution is 2.34. The summed E-state index contributed by atoms with van der Waals surface area (Å²) in [7, 11) is 0. The maximum Gasteiger partial charge on any atom is 0.234 e. The molecule has 4 heteroatoms. The molecule has 2 aliphatic heterocycles. The van der Waals surface area contributed by atoms with Crippen LogP contribution < -0.4 is 5.32 Å². The van der Waals surface area contributed by atoms with Crippen molar-refractivity contribution in [3.05, 3.63) is 0 Å². The van der Waals surface area contributed by atoms with Crippen LogP contribution in [-0.2, 0) is 9.59 Å². The van der Waals surface area contributed by atoms with Gasteiger partial charge in [-0.3, -0.25) is 14.5 Å². The van der Waals surface area contributed by atoms with Crippen molar-refractivity contribution in [3.8, 4) is 0 Å². The molecule has 16 heavy (non-hydrogen) atoms. The molecule has 0 bridgehead atoms. The summed E-state index contributed by atoms with van der Waals surface area (Å²) in [6, 6.07) is 0.208. The third-order valence-corrected chi connectivity index (χ3v) is 4.26. The lowest BCUT2D eigenvalue weighted by Gasteiger charge is -2.30. The Hall–Kier alpha value is -0.900. The van der Waals surface area contributed by atoms with Gasteiger partial charge in [-0.1, -0.05) is 19.3 Å². The fourth-order valence-corrected chi connectivity index (χ4v) is 3.36. The Morgan fingerprint density at radius 3 is 2.06 bits per heavy atom. The minimum Gasteiger partial charge on any atom is -0.315 e. The van der Waals surface area contributed by atoms with Gasteiger partial charge >= 0.3 is 0 Å². The first-order valence-corrected chi connectivity index (χ1v) is 6.36. The highest BCUT2D eigenvalue weighted by atomic mass is 16.2. The van der Waals surface area contributed by atoms with Crippen molar-refractivity contribution in [2.24, 2.45) is 11.8 Å². The zero-order chi connectivity index (χ0) is 11.1. The summed E-state index contributed by atoms with van der Waals surface area (Å²) in [6.07, 6.45) is 5.61. The van der Waals surface area contributed by atoms with E-state index in [9.17, 15) is 9.59 Å². The summed E-state index contributed by atoms with van der Waals surface area (Å²) in [6.45, 7) is 1.39. The Kier molecular flexibility index (Phi) is 2.46. The fraction of sp³-hybridized carbons (Fsp3) is 0.833. The Morgan fingerprint density at radius 2 is 1.50 bits per heavy atom. The summed E-state index contributed by atoms with van der Waals surface area (Å²) in [4.78, 5) is 25.9. The van der Waals surface area contributed by atoms with Crippen LogP contribution >= 0.6 is 0 Å². The largest absolute Gasteiger partial charge is 0.315 e. The van der Waals surface area contributed by atoms with E-state index < -0.39 is 0 Å². The van der Waals surface area contributed by atoms with Crippen LogP contribution in [0.15, 0.2) is 0 Å². The summed E-state index contributed by atoms with van der Waals surface area (Å²) >= 11 is 0. The predicted molar refractivity (Wildman–Crippen MR) is 58.6 cm³/mol. The number of nitrogens with one attached hydrogen (secondary N) is 1. The van der Waals surface area contributed by atoms with E-state index in [1.807, 2.05) is 0 Å². The molecule has 3 fully saturated rings. The van der Waals surface area contributed by atoms with Gasteiger partial charge in [0.1, 0.15) is 0 Å². The van der Waals surface area contributed by atoms with Crippen molar-refractivity contribution < 1.29 is 9.59 Å². The highest BCUT2D eigenvalue weighted by molar-refractivity contribution is 6.06. The van der Waals surface area contributed by atoms with Gasteiger partial charge in [0.05, 0.1) is 11.8 Å². The number of imide groups is 1. The van der Waals surface area contributed by atoms with Crippen molar-refractivity contribution in [2.75, 3.05) is 13.1 Å². The number of hydrogen-bond donors (Lipinski definition) is 1. The van der Waals surface area contributed by atoms with Gasteiger partial charge in [0, 0.05) is 19.1 Å². The minimum absolute atomic E-state index is 0.0607. The summed E-state index contributed by atoms with van der Waals surface area (Å²) in [5.41, 5.74) is 0. The van der Waals surface area contributed by atoms with E-state index in [2.05, 4.69) is 5.32 Å². The molecule has 0 aromatic carbocycles. The van der Waals surface area contributed by atoms with Crippen LogP contribution in [0.2, 0.25) is 0 Å². The van der Waals surface area contributed by atoms with Crippen molar-refractivity contribution in [3.63, 3.8) is 0 Å². The van der Waals surface area contributed by atoms with Crippen molar-refractivity contribution >= 4 is 11.8 Å². The lowest BCUT2D eigenvalue weighted by molar-refractivity contribution is -0.143. The van der Waals surface area contributed by atoms with Crippen LogP contribution in [0.1, 0.15) is 32.1 Å². The molecule has 2 heterocycles. The lowest BCUT2D eigenvalue weighted by Crippen LogP contribution is -2.43. The van der Waals surface area contributed by atoms with Gasteiger partial charge in [-0.25, -0.2) is 0 Å². The molecular formula is C12H18N2O2. The number of rotatable bonds is 1. The summed E-state index contributed by atoms with van der Waals surface area (Å²) < 4.78 is 0. The first-order chi connectivity index (χ1) is 7.79. The number of fused-ring (bicyclic) bond motifs is 1. The third-order valence-electron chi connectivity index (χ3n) is 4.26. The predicted octanol–water partition coefficient (Wildman–Crippen LogP) is 0.523. The first kappa shape index (κ1) is 10.3. The van der Waals surface area contributed by atoms with E-state index in [1.54, 1.807) is 4.90 Å². The highest BCUT2D eigenvalue weighted by Gasteiger charge is 2.51. The topological polar surface area (TPSA) is 49.4 Å². The van der Waals surface area contributed by atoms with Crippen LogP contribution in [0.25, 0.3) is 0 Å². The zero-order valence-electron chi connectivity index (χ0n) is 9.45. The van der Waals surface area contributed by atoms with E-state index in [0.717, 1.165) is 25.7 Å². The fourth-order valence-electron chi connectivity index (χ4n) is 3.36. The van der Waals surface area contributed by atoms with Crippen molar-refractivity contribution in [1.29, 1.82) is 0 Å². The first-order valence-electron chi connectivity index (χ1n) is 6.36. The minimum atomic E-state index is -0.0607. The van der Waals surface area contributed by atoms with E-state index in [4.69, 9.17) is 0 Å². The molecule has 0 aromatic heterocycles. The van der Waals surface area contributed by atoms with Gasteiger partial charge in [0.2, 0.25) is 11.8 Å². The van der Waals surface area contributed by atoms with Crippen LogP contribution in [0.5, 0.6) is 0 Å². The maximum atomic E-state index is 12.2. The number of nitrogens with zero attached hydrogens (tertiary/aromatic N) is 1. The second-order valence-electron chi connectivity index (χ2n) is 5.21. The number of likely N-dealkylation sites (tertiary alicyclic amines) is 1. The quantitative estimate of drug-likeness (QED) is 0.658. The van der Waals surface area contributed by atoms with Gasteiger partial charge in [-0.2, -0.15) is 0 Å². The van der Waals surface area contributed by atoms with Crippen LogP contribution in [0.4, 0.5) is 0 Å². The Bertz CT molecular complexity index is 301. The van der Waals surface area contributed by atoms with Gasteiger partial charge in [0.25, 0.3) is 0 Å². The molecule has 0 spiro atoms. The summed E-state index contributed by atoms with van der Waals surface area (Å²) in [5, 5.41) is 3.14. The van der Waals surface area contributed by atoms with Crippen molar-refractivity contribution in [1.82, 2.24) is 10.2 Å². The Labute approximate surface area is 95.4 Å². The van der Waals surface area contributed by atoms with Crippen LogP contribution in [0.3, 0.4) is 0 Å². The molecule has 0 aromatic rings. The van der Waals surface area contributed by atoms with E-state index in [-0.39, 0.29) is 29.7 Å². The Morgan fingerprint density at radius 1 is 0.938 bits per heavy atom. The van der Waals surface area contributed by atoms with E-state index >= 15 is 0 Å². The third kappa shape index (κ3) is 1.39. The number of carbonyl (C=O) groups excluding carboxylic acids is 2. The van der Waals surface area contributed by atoms with Gasteiger partial charge < -0.3 is 5.32 Å². The molecule has 2 amide bonds. The second kappa shape index (κ2) is 3.84. The number of hydrogen-bond acceptors (Lipinski definition) is 3. The zero-order valence-corrected chi connectivity index (χ0v) is 9.45. The Balaban J connectivity index is 1.80. The molecule has 0 unspecified atom stereocenters. The lowest BCUT2D eigenvalue weighted by atomic mass is 9.94. The molecule has 1 N–H and O–H groups in total. The maximum absolute atomic E-state index is 12.2. The van der Waals surface area contributed by atoms with E-state index in [0.29, 0.717) is 13.1 Å². The molecule has 0 radical (unpaired) electrons. The molecule has 3 aliphatic rings. The second-order valence-corrected chi connectivity index (χ2v) is 5.21. The smallest absolute Gasteiger partial charge is 0.234 e. The number of amides is 2. The molecule has 2 saturated heterocycles. The molecule has 2 atom stereocenters. The molecule has 1 aliphatic carbocycles. The molecule has 3 rings (SSSR count). The summed E-state index contributed by atoms with van der Waals surface area (Å²) in [5.74, 6) is 0.0580. The standard InChI is InChI=1S/C12H18N2O2/c15-11-9-6-13-7-10(9)12(16)14(11)8-4-2-1-3-5-8/h8-10,13H,1-7H2/t9-,10+. The monoisotopic (exact) mass is 222 g/mol. The van der Waals surface area contributed by atoms with Crippen LogP contribution in [-0.4, -0.2) is 35.8 Å². The SMILES string of the molecule is O=C1[C@H]2CNC[C@H]2C(=O)N1C1CCCCC1. The average molecular weight is 222 g/mol.